The van der Waals surface area contributed by atoms with Gasteiger partial charge in [-0.25, -0.2) is 0 Å². The van der Waals surface area contributed by atoms with Crippen LogP contribution in [0.4, 0.5) is 0 Å². The molecule has 0 radical (unpaired) electrons. The second kappa shape index (κ2) is 4.98. The molecule has 4 nitrogen and oxygen atoms in total. The maximum atomic E-state index is 12.3. The molecule has 3 rings (SSSR count). The van der Waals surface area contributed by atoms with Crippen molar-refractivity contribution in [3.05, 3.63) is 35.4 Å². The summed E-state index contributed by atoms with van der Waals surface area (Å²) < 4.78 is 5.51. The lowest BCUT2D eigenvalue weighted by molar-refractivity contribution is 0.0580. The van der Waals surface area contributed by atoms with E-state index in [1.54, 1.807) is 24.3 Å². The molecule has 1 saturated carbocycles. The first-order chi connectivity index (χ1) is 9.22. The van der Waals surface area contributed by atoms with Gasteiger partial charge in [-0.1, -0.05) is 12.1 Å². The fourth-order valence-electron chi connectivity index (χ4n) is 2.91. The van der Waals surface area contributed by atoms with Crippen molar-refractivity contribution >= 4 is 23.9 Å². The molecule has 0 bridgehead atoms. The van der Waals surface area contributed by atoms with Gasteiger partial charge in [-0.05, 0) is 43.4 Å². The summed E-state index contributed by atoms with van der Waals surface area (Å²) in [4.78, 5) is 26.1. The number of carbonyl (C=O) groups is 2. The third-order valence-corrected chi connectivity index (χ3v) is 4.24. The van der Waals surface area contributed by atoms with Crippen molar-refractivity contribution in [3.8, 4) is 0 Å². The number of rotatable bonds is 3. The van der Waals surface area contributed by atoms with E-state index >= 15 is 0 Å². The van der Waals surface area contributed by atoms with Crippen LogP contribution < -0.4 is 0 Å². The van der Waals surface area contributed by atoms with Gasteiger partial charge in [0, 0.05) is 12.3 Å². The lowest BCUT2D eigenvalue weighted by Crippen LogP contribution is -2.38. The highest BCUT2D eigenvalue weighted by molar-refractivity contribution is 7.93. The molecule has 19 heavy (non-hydrogen) atoms. The van der Waals surface area contributed by atoms with Gasteiger partial charge in [0.2, 0.25) is 0 Å². The highest BCUT2D eigenvalue weighted by Gasteiger charge is 2.42. The standard InChI is InChI=1S/C14H15NO3S/c1-19-18-10-7-6-9(8-10)15-13(16)11-4-2-3-5-12(11)14(15)17/h2-5,9-10H,6-8H2,1H3. The second-order valence-electron chi connectivity index (χ2n) is 4.88. The first-order valence-corrected chi connectivity index (χ1v) is 7.53. The molecule has 5 heteroatoms. The summed E-state index contributed by atoms with van der Waals surface area (Å²) in [5, 5.41) is 0. The van der Waals surface area contributed by atoms with E-state index in [2.05, 4.69) is 0 Å². The molecule has 0 saturated heterocycles. The predicted octanol–water partition coefficient (Wildman–Crippen LogP) is 2.50. The van der Waals surface area contributed by atoms with Crippen LogP contribution in [0.1, 0.15) is 40.0 Å². The number of fused-ring (bicyclic) bond motifs is 1. The maximum absolute atomic E-state index is 12.3. The zero-order valence-electron chi connectivity index (χ0n) is 10.7. The van der Waals surface area contributed by atoms with E-state index in [1.165, 1.54) is 16.9 Å². The van der Waals surface area contributed by atoms with Crippen molar-refractivity contribution in [1.82, 2.24) is 4.90 Å². The van der Waals surface area contributed by atoms with Crippen LogP contribution in [0.2, 0.25) is 0 Å². The number of amides is 2. The van der Waals surface area contributed by atoms with Crippen LogP contribution in [0.25, 0.3) is 0 Å². The summed E-state index contributed by atoms with van der Waals surface area (Å²) in [7, 11) is 0. The van der Waals surface area contributed by atoms with Crippen molar-refractivity contribution in [3.63, 3.8) is 0 Å². The van der Waals surface area contributed by atoms with Gasteiger partial charge in [-0.15, -0.1) is 0 Å². The molecule has 1 heterocycles. The van der Waals surface area contributed by atoms with Crippen molar-refractivity contribution in [2.24, 2.45) is 0 Å². The van der Waals surface area contributed by atoms with Crippen LogP contribution in [0, 0.1) is 0 Å². The summed E-state index contributed by atoms with van der Waals surface area (Å²) >= 11 is 1.34. The van der Waals surface area contributed by atoms with E-state index in [0.29, 0.717) is 11.1 Å². The van der Waals surface area contributed by atoms with Crippen LogP contribution in [0.3, 0.4) is 0 Å². The van der Waals surface area contributed by atoms with Crippen molar-refractivity contribution in [2.45, 2.75) is 31.4 Å². The number of hydrogen-bond acceptors (Lipinski definition) is 4. The number of benzene rings is 1. The van der Waals surface area contributed by atoms with Crippen LogP contribution in [0.15, 0.2) is 24.3 Å². The quantitative estimate of drug-likeness (QED) is 0.629. The zero-order chi connectivity index (χ0) is 13.4. The van der Waals surface area contributed by atoms with Crippen molar-refractivity contribution in [1.29, 1.82) is 0 Å². The molecule has 2 aliphatic rings. The first kappa shape index (κ1) is 12.7. The molecule has 0 N–H and O–H groups in total. The Hall–Kier alpha value is -1.33. The largest absolute Gasteiger partial charge is 0.312 e. The minimum absolute atomic E-state index is 0.0236. The Morgan fingerprint density at radius 3 is 2.37 bits per heavy atom. The van der Waals surface area contributed by atoms with E-state index in [0.717, 1.165) is 19.3 Å². The summed E-state index contributed by atoms with van der Waals surface area (Å²) in [6.45, 7) is 0. The van der Waals surface area contributed by atoms with Gasteiger partial charge in [0.05, 0.1) is 17.2 Å². The monoisotopic (exact) mass is 277 g/mol. The van der Waals surface area contributed by atoms with E-state index in [9.17, 15) is 9.59 Å². The minimum atomic E-state index is -0.157. The lowest BCUT2D eigenvalue weighted by Gasteiger charge is -2.21. The van der Waals surface area contributed by atoms with Gasteiger partial charge >= 0.3 is 0 Å². The number of imide groups is 1. The zero-order valence-corrected chi connectivity index (χ0v) is 11.5. The van der Waals surface area contributed by atoms with Gasteiger partial charge in [0.1, 0.15) is 0 Å². The summed E-state index contributed by atoms with van der Waals surface area (Å²) in [6.07, 6.45) is 4.50. The van der Waals surface area contributed by atoms with Crippen LogP contribution >= 0.6 is 12.0 Å². The lowest BCUT2D eigenvalue weighted by atomic mass is 10.1. The van der Waals surface area contributed by atoms with Crippen molar-refractivity contribution in [2.75, 3.05) is 6.26 Å². The fraction of sp³-hybridized carbons (Fsp3) is 0.429. The molecular weight excluding hydrogens is 262 g/mol. The summed E-state index contributed by atoms with van der Waals surface area (Å²) in [6, 6.07) is 7.01. The second-order valence-corrected chi connectivity index (χ2v) is 5.40. The van der Waals surface area contributed by atoms with Crippen LogP contribution in [-0.2, 0) is 4.18 Å². The molecule has 100 valence electrons. The Labute approximate surface area is 116 Å². The molecule has 0 spiro atoms. The average molecular weight is 277 g/mol. The molecule has 0 aromatic heterocycles. The van der Waals surface area contributed by atoms with Gasteiger partial charge < -0.3 is 4.18 Å². The van der Waals surface area contributed by atoms with Gasteiger partial charge in [0.15, 0.2) is 0 Å². The number of nitrogens with zero attached hydrogens (tertiary/aromatic N) is 1. The third-order valence-electron chi connectivity index (χ3n) is 3.78. The normalized spacial score (nSPS) is 26.1. The third kappa shape index (κ3) is 2.07. The smallest absolute Gasteiger partial charge is 0.261 e. The SMILES string of the molecule is CSOC1CCC(N2C(=O)c3ccccc3C2=O)C1. The predicted molar refractivity (Wildman–Crippen MR) is 73.0 cm³/mol. The average Bonchev–Trinajstić information content (AvgIpc) is 2.96. The van der Waals surface area contributed by atoms with E-state index < -0.39 is 0 Å². The number of hydrogen-bond donors (Lipinski definition) is 0. The highest BCUT2D eigenvalue weighted by atomic mass is 32.2. The van der Waals surface area contributed by atoms with E-state index in [1.807, 2.05) is 6.26 Å². The molecule has 1 aliphatic carbocycles. The highest BCUT2D eigenvalue weighted by Crippen LogP contribution is 2.33. The summed E-state index contributed by atoms with van der Waals surface area (Å²) in [5.41, 5.74) is 1.06. The van der Waals surface area contributed by atoms with E-state index in [-0.39, 0.29) is 24.0 Å². The Kier molecular flexibility index (Phi) is 3.33. The molecule has 1 aromatic carbocycles. The Balaban J connectivity index is 1.81. The molecule has 2 unspecified atom stereocenters. The Bertz CT molecular complexity index is 496. The van der Waals surface area contributed by atoms with Gasteiger partial charge in [0.25, 0.3) is 11.8 Å². The van der Waals surface area contributed by atoms with Crippen LogP contribution in [0.5, 0.6) is 0 Å². The van der Waals surface area contributed by atoms with Gasteiger partial charge in [-0.2, -0.15) is 0 Å². The Morgan fingerprint density at radius 1 is 1.16 bits per heavy atom. The minimum Gasteiger partial charge on any atom is -0.312 e. The molecular formula is C14H15NO3S. The topological polar surface area (TPSA) is 46.6 Å². The van der Waals surface area contributed by atoms with E-state index in [4.69, 9.17) is 4.18 Å². The Morgan fingerprint density at radius 2 is 1.79 bits per heavy atom. The van der Waals surface area contributed by atoms with Crippen LogP contribution in [-0.4, -0.2) is 35.1 Å². The molecule has 1 aromatic rings. The molecule has 2 atom stereocenters. The molecule has 1 fully saturated rings. The molecule has 2 amide bonds. The summed E-state index contributed by atoms with van der Waals surface area (Å²) in [5.74, 6) is -0.314. The first-order valence-electron chi connectivity index (χ1n) is 6.38. The maximum Gasteiger partial charge on any atom is 0.261 e. The fourth-order valence-corrected chi connectivity index (χ4v) is 3.36. The number of carbonyl (C=O) groups excluding carboxylic acids is 2. The molecule has 1 aliphatic heterocycles. The van der Waals surface area contributed by atoms with Crippen molar-refractivity contribution < 1.29 is 13.8 Å². The van der Waals surface area contributed by atoms with Gasteiger partial charge in [-0.3, -0.25) is 14.5 Å².